The van der Waals surface area contributed by atoms with E-state index in [0.717, 1.165) is 19.4 Å². The van der Waals surface area contributed by atoms with Crippen molar-refractivity contribution in [3.63, 3.8) is 0 Å². The molecule has 2 aliphatic rings. The van der Waals surface area contributed by atoms with Gasteiger partial charge in [0.2, 0.25) is 5.91 Å². The number of fused-ring (bicyclic) bond motifs is 1. The Kier molecular flexibility index (Phi) is 3.22. The monoisotopic (exact) mass is 266 g/mol. The van der Waals surface area contributed by atoms with Gasteiger partial charge in [-0.1, -0.05) is 6.07 Å². The first-order valence-electron chi connectivity index (χ1n) is 6.62. The molecule has 3 nitrogen and oxygen atoms in total. The van der Waals surface area contributed by atoms with E-state index in [2.05, 4.69) is 5.32 Å². The van der Waals surface area contributed by atoms with Crippen LogP contribution in [0.1, 0.15) is 18.4 Å². The first-order chi connectivity index (χ1) is 9.16. The van der Waals surface area contributed by atoms with Crippen molar-refractivity contribution in [1.29, 1.82) is 0 Å². The predicted octanol–water partition coefficient (Wildman–Crippen LogP) is 1.68. The normalized spacial score (nSPS) is 26.6. The van der Waals surface area contributed by atoms with Gasteiger partial charge in [-0.05, 0) is 31.5 Å². The number of benzene rings is 1. The van der Waals surface area contributed by atoms with Crippen molar-refractivity contribution in [2.24, 2.45) is 5.92 Å². The highest BCUT2D eigenvalue weighted by atomic mass is 19.1. The van der Waals surface area contributed by atoms with Gasteiger partial charge >= 0.3 is 0 Å². The molecule has 102 valence electrons. The lowest BCUT2D eigenvalue weighted by atomic mass is 9.94. The highest BCUT2D eigenvalue weighted by Crippen LogP contribution is 2.28. The van der Waals surface area contributed by atoms with Gasteiger partial charge in [-0.25, -0.2) is 8.78 Å². The van der Waals surface area contributed by atoms with Crippen molar-refractivity contribution in [3.05, 3.63) is 35.4 Å². The zero-order valence-corrected chi connectivity index (χ0v) is 10.5. The molecule has 0 radical (unpaired) electrons. The first kappa shape index (κ1) is 12.5. The van der Waals surface area contributed by atoms with Crippen molar-refractivity contribution in [2.45, 2.75) is 25.4 Å². The summed E-state index contributed by atoms with van der Waals surface area (Å²) in [7, 11) is 0. The van der Waals surface area contributed by atoms with Crippen molar-refractivity contribution >= 4 is 5.91 Å². The summed E-state index contributed by atoms with van der Waals surface area (Å²) in [5.41, 5.74) is -0.0190. The first-order valence-corrected chi connectivity index (χ1v) is 6.62. The topological polar surface area (TPSA) is 32.3 Å². The Morgan fingerprint density at radius 2 is 2.05 bits per heavy atom. The summed E-state index contributed by atoms with van der Waals surface area (Å²) < 4.78 is 27.2. The summed E-state index contributed by atoms with van der Waals surface area (Å²) in [6.45, 7) is 1.47. The van der Waals surface area contributed by atoms with Gasteiger partial charge in [0.1, 0.15) is 11.6 Å². The SMILES string of the molecule is O=C1C2CCCNC2CN1Cc1c(F)cccc1F. The van der Waals surface area contributed by atoms with Crippen LogP contribution in [0.25, 0.3) is 0 Å². The Morgan fingerprint density at radius 3 is 2.74 bits per heavy atom. The van der Waals surface area contributed by atoms with Gasteiger partial charge < -0.3 is 10.2 Å². The molecule has 1 N–H and O–H groups in total. The predicted molar refractivity (Wildman–Crippen MR) is 66.3 cm³/mol. The average Bonchev–Trinajstić information content (AvgIpc) is 2.72. The number of hydrogen-bond donors (Lipinski definition) is 1. The average molecular weight is 266 g/mol. The number of piperidine rings is 1. The van der Waals surface area contributed by atoms with E-state index in [1.54, 1.807) is 4.90 Å². The Bertz CT molecular complexity index is 486. The fourth-order valence-electron chi connectivity index (χ4n) is 3.02. The van der Waals surface area contributed by atoms with Crippen molar-refractivity contribution < 1.29 is 13.6 Å². The summed E-state index contributed by atoms with van der Waals surface area (Å²) in [4.78, 5) is 13.8. The summed E-state index contributed by atoms with van der Waals surface area (Å²) in [5, 5.41) is 3.31. The molecule has 0 spiro atoms. The molecule has 1 aromatic rings. The number of halogens is 2. The largest absolute Gasteiger partial charge is 0.336 e. The Hall–Kier alpha value is -1.49. The van der Waals surface area contributed by atoms with Gasteiger partial charge in [-0.15, -0.1) is 0 Å². The summed E-state index contributed by atoms with van der Waals surface area (Å²) in [5.74, 6) is -1.19. The molecule has 0 bridgehead atoms. The number of carbonyl (C=O) groups excluding carboxylic acids is 1. The van der Waals surface area contributed by atoms with Gasteiger partial charge in [-0.3, -0.25) is 4.79 Å². The number of rotatable bonds is 2. The number of carbonyl (C=O) groups is 1. The molecule has 2 fully saturated rings. The summed E-state index contributed by atoms with van der Waals surface area (Å²) in [6.07, 6.45) is 1.85. The minimum atomic E-state index is -0.587. The van der Waals surface area contributed by atoms with Gasteiger partial charge in [0.05, 0.1) is 12.5 Å². The molecule has 0 saturated carbocycles. The third-order valence-electron chi connectivity index (χ3n) is 4.04. The van der Waals surface area contributed by atoms with E-state index >= 15 is 0 Å². The lowest BCUT2D eigenvalue weighted by Crippen LogP contribution is -2.41. The molecule has 2 saturated heterocycles. The molecule has 3 rings (SSSR count). The van der Waals surface area contributed by atoms with Crippen LogP contribution >= 0.6 is 0 Å². The van der Waals surface area contributed by atoms with Crippen molar-refractivity contribution in [3.8, 4) is 0 Å². The second kappa shape index (κ2) is 4.89. The van der Waals surface area contributed by atoms with Crippen molar-refractivity contribution in [2.75, 3.05) is 13.1 Å². The lowest BCUT2D eigenvalue weighted by Gasteiger charge is -2.23. The van der Waals surface area contributed by atoms with Crippen molar-refractivity contribution in [1.82, 2.24) is 10.2 Å². The number of nitrogens with one attached hydrogen (secondary N) is 1. The lowest BCUT2D eigenvalue weighted by molar-refractivity contribution is -0.132. The molecule has 1 amide bonds. The van der Waals surface area contributed by atoms with Crippen LogP contribution in [0, 0.1) is 17.6 Å². The van der Waals surface area contributed by atoms with Crippen LogP contribution in [-0.2, 0) is 11.3 Å². The van der Waals surface area contributed by atoms with Crippen LogP contribution in [0.15, 0.2) is 18.2 Å². The quantitative estimate of drug-likeness (QED) is 0.883. The van der Waals surface area contributed by atoms with E-state index in [-0.39, 0.29) is 30.0 Å². The summed E-state index contributed by atoms with van der Waals surface area (Å²) in [6, 6.07) is 3.92. The Morgan fingerprint density at radius 1 is 1.32 bits per heavy atom. The second-order valence-corrected chi connectivity index (χ2v) is 5.23. The van der Waals surface area contributed by atoms with Crippen LogP contribution in [0.2, 0.25) is 0 Å². The number of nitrogens with zero attached hydrogens (tertiary/aromatic N) is 1. The molecule has 19 heavy (non-hydrogen) atoms. The van der Waals surface area contributed by atoms with E-state index in [1.807, 2.05) is 0 Å². The third-order valence-corrected chi connectivity index (χ3v) is 4.04. The second-order valence-electron chi connectivity index (χ2n) is 5.23. The molecule has 0 aromatic heterocycles. The van der Waals surface area contributed by atoms with Gasteiger partial charge in [0, 0.05) is 18.2 Å². The number of amides is 1. The fourth-order valence-corrected chi connectivity index (χ4v) is 3.02. The van der Waals surface area contributed by atoms with Crippen LogP contribution < -0.4 is 5.32 Å². The van der Waals surface area contributed by atoms with Gasteiger partial charge in [0.25, 0.3) is 0 Å². The minimum absolute atomic E-state index is 0.0138. The van der Waals surface area contributed by atoms with Crippen LogP contribution in [0.3, 0.4) is 0 Å². The molecule has 2 heterocycles. The minimum Gasteiger partial charge on any atom is -0.336 e. The Balaban J connectivity index is 1.79. The highest BCUT2D eigenvalue weighted by Gasteiger charge is 2.41. The van der Waals surface area contributed by atoms with Gasteiger partial charge in [0.15, 0.2) is 0 Å². The van der Waals surface area contributed by atoms with E-state index < -0.39 is 11.6 Å². The van der Waals surface area contributed by atoms with E-state index in [4.69, 9.17) is 0 Å². The maximum atomic E-state index is 13.6. The molecule has 5 heteroatoms. The standard InChI is InChI=1S/C14H16F2N2O/c15-11-4-1-5-12(16)10(11)7-18-8-13-9(14(18)19)3-2-6-17-13/h1,4-5,9,13,17H,2-3,6-8H2. The molecular formula is C14H16F2N2O. The maximum Gasteiger partial charge on any atom is 0.227 e. The Labute approximate surface area is 110 Å². The van der Waals surface area contributed by atoms with E-state index in [9.17, 15) is 13.6 Å². The molecular weight excluding hydrogens is 250 g/mol. The maximum absolute atomic E-state index is 13.6. The zero-order chi connectivity index (χ0) is 13.4. The highest BCUT2D eigenvalue weighted by molar-refractivity contribution is 5.82. The van der Waals surface area contributed by atoms with Gasteiger partial charge in [-0.2, -0.15) is 0 Å². The third kappa shape index (κ3) is 2.23. The summed E-state index contributed by atoms with van der Waals surface area (Å²) >= 11 is 0. The molecule has 0 aliphatic carbocycles. The van der Waals surface area contributed by atoms with Crippen LogP contribution in [-0.4, -0.2) is 29.9 Å². The zero-order valence-electron chi connectivity index (χ0n) is 10.5. The van der Waals surface area contributed by atoms with E-state index in [0.29, 0.717) is 6.54 Å². The fraction of sp³-hybridized carbons (Fsp3) is 0.500. The molecule has 2 aliphatic heterocycles. The molecule has 1 aromatic carbocycles. The smallest absolute Gasteiger partial charge is 0.227 e. The van der Waals surface area contributed by atoms with Crippen LogP contribution in [0.4, 0.5) is 8.78 Å². The van der Waals surface area contributed by atoms with E-state index in [1.165, 1.54) is 18.2 Å². The van der Waals surface area contributed by atoms with Crippen LogP contribution in [0.5, 0.6) is 0 Å². The molecule has 2 atom stereocenters. The number of likely N-dealkylation sites (tertiary alicyclic amines) is 1. The number of hydrogen-bond acceptors (Lipinski definition) is 2. The molecule has 2 unspecified atom stereocenters.